The van der Waals surface area contributed by atoms with Gasteiger partial charge in [0.05, 0.1) is 4.88 Å². The maximum atomic E-state index is 11.7. The van der Waals surface area contributed by atoms with Gasteiger partial charge in [-0.15, -0.1) is 11.3 Å². The number of Topliss-reactive ketones (excluding diaryl/α,β-unsaturated/α-hetero) is 1. The van der Waals surface area contributed by atoms with Crippen LogP contribution in [0, 0.1) is 0 Å². The molecule has 0 aromatic carbocycles. The van der Waals surface area contributed by atoms with Crippen molar-refractivity contribution in [1.82, 2.24) is 14.3 Å². The highest BCUT2D eigenvalue weighted by Gasteiger charge is 2.07. The Bertz CT molecular complexity index is 554. The molecule has 0 atom stereocenters. The highest BCUT2D eigenvalue weighted by Crippen LogP contribution is 2.12. The van der Waals surface area contributed by atoms with E-state index in [4.69, 9.17) is 0 Å². The third-order valence-corrected chi connectivity index (χ3v) is 3.37. The molecule has 0 saturated carbocycles. The lowest BCUT2D eigenvalue weighted by Crippen LogP contribution is -2.23. The van der Waals surface area contributed by atoms with Gasteiger partial charge < -0.3 is 0 Å². The molecule has 6 heteroatoms. The molecule has 0 aliphatic rings. The fourth-order valence-electron chi connectivity index (χ4n) is 1.52. The average molecular weight is 251 g/mol. The van der Waals surface area contributed by atoms with E-state index in [2.05, 4.69) is 5.10 Å². The molecule has 0 amide bonds. The zero-order chi connectivity index (χ0) is 12.3. The Hall–Kier alpha value is -1.69. The summed E-state index contributed by atoms with van der Waals surface area (Å²) in [6.07, 6.45) is 2.56. The van der Waals surface area contributed by atoms with E-state index >= 15 is 0 Å². The number of carbonyl (C=O) groups is 1. The highest BCUT2D eigenvalue weighted by molar-refractivity contribution is 7.12. The normalized spacial score (nSPS) is 10.6. The smallest absolute Gasteiger partial charge is 0.293 e. The number of hydrogen-bond acceptors (Lipinski definition) is 4. The van der Waals surface area contributed by atoms with E-state index in [-0.39, 0.29) is 11.5 Å². The van der Waals surface area contributed by atoms with Crippen molar-refractivity contribution in [2.75, 3.05) is 0 Å². The molecule has 0 aliphatic carbocycles. The Kier molecular flexibility index (Phi) is 3.53. The number of rotatable bonds is 5. The predicted molar refractivity (Wildman–Crippen MR) is 65.4 cm³/mol. The van der Waals surface area contributed by atoms with Crippen molar-refractivity contribution in [3.05, 3.63) is 39.2 Å². The van der Waals surface area contributed by atoms with E-state index in [1.165, 1.54) is 26.9 Å². The Balaban J connectivity index is 1.86. The number of nitrogens with zero attached hydrogens (tertiary/aromatic N) is 3. The SMILES string of the molecule is Cn1cnn(CCCC(=O)c2cccs2)c1=O. The zero-order valence-electron chi connectivity index (χ0n) is 9.50. The summed E-state index contributed by atoms with van der Waals surface area (Å²) < 4.78 is 2.79. The van der Waals surface area contributed by atoms with E-state index < -0.39 is 0 Å². The van der Waals surface area contributed by atoms with Crippen LogP contribution < -0.4 is 5.69 Å². The zero-order valence-corrected chi connectivity index (χ0v) is 10.3. The lowest BCUT2D eigenvalue weighted by Gasteiger charge is -1.98. The number of carbonyl (C=O) groups excluding carboxylic acids is 1. The van der Waals surface area contributed by atoms with Crippen LogP contribution in [0.15, 0.2) is 28.6 Å². The second kappa shape index (κ2) is 5.09. The fourth-order valence-corrected chi connectivity index (χ4v) is 2.22. The predicted octanol–water partition coefficient (Wildman–Crippen LogP) is 1.31. The summed E-state index contributed by atoms with van der Waals surface area (Å²) >= 11 is 1.45. The summed E-state index contributed by atoms with van der Waals surface area (Å²) in [7, 11) is 1.66. The van der Waals surface area contributed by atoms with Gasteiger partial charge in [0.1, 0.15) is 6.33 Å². The van der Waals surface area contributed by atoms with Gasteiger partial charge in [-0.05, 0) is 17.9 Å². The Morgan fingerprint density at radius 1 is 1.53 bits per heavy atom. The Morgan fingerprint density at radius 2 is 2.35 bits per heavy atom. The lowest BCUT2D eigenvalue weighted by molar-refractivity contribution is 0.0982. The van der Waals surface area contributed by atoms with Gasteiger partial charge >= 0.3 is 5.69 Å². The summed E-state index contributed by atoms with van der Waals surface area (Å²) in [4.78, 5) is 23.9. The van der Waals surface area contributed by atoms with E-state index in [9.17, 15) is 9.59 Å². The van der Waals surface area contributed by atoms with E-state index in [0.29, 0.717) is 19.4 Å². The molecule has 90 valence electrons. The molecular formula is C11H13N3O2S. The van der Waals surface area contributed by atoms with Crippen molar-refractivity contribution < 1.29 is 4.79 Å². The molecule has 0 N–H and O–H groups in total. The Labute approximate surface area is 102 Å². The van der Waals surface area contributed by atoms with Crippen molar-refractivity contribution in [2.24, 2.45) is 7.05 Å². The molecule has 2 aromatic heterocycles. The van der Waals surface area contributed by atoms with Crippen LogP contribution in [0.1, 0.15) is 22.5 Å². The van der Waals surface area contributed by atoms with Crippen molar-refractivity contribution in [3.63, 3.8) is 0 Å². The van der Waals surface area contributed by atoms with Gasteiger partial charge in [0, 0.05) is 20.0 Å². The fraction of sp³-hybridized carbons (Fsp3) is 0.364. The summed E-state index contributed by atoms with van der Waals surface area (Å²) in [6, 6.07) is 3.68. The van der Waals surface area contributed by atoms with Crippen LogP contribution in [0.25, 0.3) is 0 Å². The molecule has 17 heavy (non-hydrogen) atoms. The quantitative estimate of drug-likeness (QED) is 0.753. The highest BCUT2D eigenvalue weighted by atomic mass is 32.1. The van der Waals surface area contributed by atoms with E-state index in [1.54, 1.807) is 7.05 Å². The minimum absolute atomic E-state index is 0.129. The minimum atomic E-state index is -0.145. The standard InChI is InChI=1S/C11H13N3O2S/c1-13-8-12-14(11(13)16)6-2-4-9(15)10-5-3-7-17-10/h3,5,7-8H,2,4,6H2,1H3. The maximum Gasteiger partial charge on any atom is 0.345 e. The average Bonchev–Trinajstić information content (AvgIpc) is 2.93. The largest absolute Gasteiger partial charge is 0.345 e. The molecule has 0 fully saturated rings. The van der Waals surface area contributed by atoms with Crippen LogP contribution in [0.3, 0.4) is 0 Å². The number of thiophene rings is 1. The van der Waals surface area contributed by atoms with Gasteiger partial charge in [-0.25, -0.2) is 9.48 Å². The molecule has 5 nitrogen and oxygen atoms in total. The molecule has 0 spiro atoms. The first kappa shape index (κ1) is 11.8. The molecule has 2 heterocycles. The van der Waals surface area contributed by atoms with Crippen LogP contribution in [0.5, 0.6) is 0 Å². The number of ketones is 1. The van der Waals surface area contributed by atoms with Crippen molar-refractivity contribution >= 4 is 17.1 Å². The summed E-state index contributed by atoms with van der Waals surface area (Å²) in [5, 5.41) is 5.82. The van der Waals surface area contributed by atoms with Gasteiger partial charge in [0.25, 0.3) is 0 Å². The second-order valence-electron chi connectivity index (χ2n) is 3.75. The van der Waals surface area contributed by atoms with Crippen LogP contribution >= 0.6 is 11.3 Å². The molecular weight excluding hydrogens is 238 g/mol. The monoisotopic (exact) mass is 251 g/mol. The number of aromatic nitrogens is 3. The van der Waals surface area contributed by atoms with Gasteiger partial charge in [-0.3, -0.25) is 9.36 Å². The van der Waals surface area contributed by atoms with Crippen molar-refractivity contribution in [3.8, 4) is 0 Å². The Morgan fingerprint density at radius 3 is 2.94 bits per heavy atom. The molecule has 0 unspecified atom stereocenters. The first-order valence-corrected chi connectivity index (χ1v) is 6.21. The third-order valence-electron chi connectivity index (χ3n) is 2.46. The number of aryl methyl sites for hydroxylation is 2. The maximum absolute atomic E-state index is 11.7. The molecule has 0 radical (unpaired) electrons. The first-order valence-electron chi connectivity index (χ1n) is 5.33. The topological polar surface area (TPSA) is 56.9 Å². The lowest BCUT2D eigenvalue weighted by atomic mass is 10.2. The van der Waals surface area contributed by atoms with Crippen LogP contribution in [-0.4, -0.2) is 20.1 Å². The van der Waals surface area contributed by atoms with Crippen LogP contribution in [-0.2, 0) is 13.6 Å². The van der Waals surface area contributed by atoms with E-state index in [1.807, 2.05) is 17.5 Å². The molecule has 0 bridgehead atoms. The van der Waals surface area contributed by atoms with Crippen molar-refractivity contribution in [2.45, 2.75) is 19.4 Å². The summed E-state index contributed by atoms with van der Waals surface area (Å²) in [5.41, 5.74) is -0.145. The molecule has 2 rings (SSSR count). The molecule has 2 aromatic rings. The van der Waals surface area contributed by atoms with Gasteiger partial charge in [-0.1, -0.05) is 6.07 Å². The van der Waals surface area contributed by atoms with E-state index in [0.717, 1.165) is 4.88 Å². The van der Waals surface area contributed by atoms with Gasteiger partial charge in [-0.2, -0.15) is 5.10 Å². The van der Waals surface area contributed by atoms with Gasteiger partial charge in [0.15, 0.2) is 5.78 Å². The molecule has 0 aliphatic heterocycles. The minimum Gasteiger partial charge on any atom is -0.293 e. The second-order valence-corrected chi connectivity index (χ2v) is 4.70. The van der Waals surface area contributed by atoms with Crippen LogP contribution in [0.4, 0.5) is 0 Å². The van der Waals surface area contributed by atoms with Gasteiger partial charge in [0.2, 0.25) is 0 Å². The number of hydrogen-bond donors (Lipinski definition) is 0. The summed E-state index contributed by atoms with van der Waals surface area (Å²) in [6.45, 7) is 0.483. The van der Waals surface area contributed by atoms with Crippen molar-refractivity contribution in [1.29, 1.82) is 0 Å². The third kappa shape index (κ3) is 2.71. The molecule has 0 saturated heterocycles. The van der Waals surface area contributed by atoms with Crippen LogP contribution in [0.2, 0.25) is 0 Å². The summed E-state index contributed by atoms with van der Waals surface area (Å²) in [5.74, 6) is 0.129. The first-order chi connectivity index (χ1) is 8.18.